The number of benzene rings is 3. The maximum atomic E-state index is 13.6. The normalized spacial score (nSPS) is 10.5. The largest absolute Gasteiger partial charge is 0.497 e. The Labute approximate surface area is 190 Å². The Morgan fingerprint density at radius 2 is 1.79 bits per heavy atom. The second-order valence-electron chi connectivity index (χ2n) is 6.66. The number of nitrogens with zero attached hydrogens (tertiary/aromatic N) is 1. The Bertz CT molecular complexity index is 1170. The van der Waals surface area contributed by atoms with Gasteiger partial charge in [-0.2, -0.15) is 5.10 Å². The molecule has 0 radical (unpaired) electrons. The summed E-state index contributed by atoms with van der Waals surface area (Å²) in [7, 11) is 2.97. The van der Waals surface area contributed by atoms with E-state index in [1.165, 1.54) is 38.6 Å². The van der Waals surface area contributed by atoms with Gasteiger partial charge in [0.05, 0.1) is 26.1 Å². The molecule has 0 atom stereocenters. The first-order valence-electron chi connectivity index (χ1n) is 9.83. The van der Waals surface area contributed by atoms with E-state index in [0.717, 1.165) is 0 Å². The van der Waals surface area contributed by atoms with Crippen molar-refractivity contribution in [3.05, 3.63) is 83.7 Å². The number of para-hydroxylation sites is 1. The molecule has 0 spiro atoms. The summed E-state index contributed by atoms with van der Waals surface area (Å²) in [5.74, 6) is -0.207. The van der Waals surface area contributed by atoms with Crippen molar-refractivity contribution >= 4 is 23.7 Å². The second-order valence-corrected chi connectivity index (χ2v) is 6.66. The molecule has 0 saturated carbocycles. The van der Waals surface area contributed by atoms with E-state index in [-0.39, 0.29) is 12.3 Å². The lowest BCUT2D eigenvalue weighted by Crippen LogP contribution is -2.21. The fourth-order valence-electron chi connectivity index (χ4n) is 2.77. The molecule has 3 aromatic carbocycles. The fourth-order valence-corrected chi connectivity index (χ4v) is 2.77. The van der Waals surface area contributed by atoms with E-state index in [4.69, 9.17) is 14.2 Å². The molecule has 0 fully saturated rings. The zero-order chi connectivity index (χ0) is 23.6. The molecule has 0 aliphatic heterocycles. The highest BCUT2D eigenvalue weighted by Gasteiger charge is 2.11. The van der Waals surface area contributed by atoms with Crippen molar-refractivity contribution in [3.8, 4) is 17.2 Å². The van der Waals surface area contributed by atoms with E-state index in [1.807, 2.05) is 0 Å². The number of hydrogen-bond acceptors (Lipinski definition) is 6. The van der Waals surface area contributed by atoms with Gasteiger partial charge in [-0.3, -0.25) is 9.59 Å². The molecule has 0 aromatic heterocycles. The second kappa shape index (κ2) is 11.3. The number of anilines is 1. The highest BCUT2D eigenvalue weighted by Crippen LogP contribution is 2.27. The molecule has 2 amide bonds. The Hall–Kier alpha value is -4.40. The van der Waals surface area contributed by atoms with Gasteiger partial charge in [-0.15, -0.1) is 0 Å². The van der Waals surface area contributed by atoms with Crippen LogP contribution < -0.4 is 25.0 Å². The Balaban J connectivity index is 1.58. The number of methoxy groups -OCH3 is 2. The zero-order valence-electron chi connectivity index (χ0n) is 18.0. The molecule has 9 heteroatoms. The van der Waals surface area contributed by atoms with Crippen LogP contribution in [0, 0.1) is 5.82 Å². The first kappa shape index (κ1) is 23.3. The van der Waals surface area contributed by atoms with E-state index < -0.39 is 17.6 Å². The summed E-state index contributed by atoms with van der Waals surface area (Å²) in [6.45, 7) is -0.339. The summed E-state index contributed by atoms with van der Waals surface area (Å²) in [5, 5.41) is 6.39. The van der Waals surface area contributed by atoms with Gasteiger partial charge >= 0.3 is 0 Å². The van der Waals surface area contributed by atoms with Crippen LogP contribution in [0.15, 0.2) is 71.8 Å². The predicted octanol–water partition coefficient (Wildman–Crippen LogP) is 3.62. The molecular formula is C24H22FN3O5. The van der Waals surface area contributed by atoms with Crippen LogP contribution in [0.4, 0.5) is 10.1 Å². The van der Waals surface area contributed by atoms with E-state index in [2.05, 4.69) is 15.8 Å². The molecule has 33 heavy (non-hydrogen) atoms. The molecule has 0 aliphatic carbocycles. The lowest BCUT2D eigenvalue weighted by atomic mass is 10.2. The number of halogens is 1. The molecule has 0 bridgehead atoms. The van der Waals surface area contributed by atoms with Gasteiger partial charge in [-0.1, -0.05) is 18.2 Å². The first-order chi connectivity index (χ1) is 16.0. The lowest BCUT2D eigenvalue weighted by molar-refractivity contribution is -0.118. The molecule has 0 aliphatic rings. The number of rotatable bonds is 9. The zero-order valence-corrected chi connectivity index (χ0v) is 18.0. The minimum atomic E-state index is -0.537. The van der Waals surface area contributed by atoms with E-state index >= 15 is 0 Å². The molecule has 0 unspecified atom stereocenters. The number of ether oxygens (including phenoxy) is 3. The maximum Gasteiger partial charge on any atom is 0.271 e. The number of hydrogen-bond donors (Lipinski definition) is 2. The van der Waals surface area contributed by atoms with Crippen LogP contribution in [0.5, 0.6) is 17.2 Å². The first-order valence-corrected chi connectivity index (χ1v) is 9.83. The SMILES string of the molecule is COc1cccc(C(=O)N/N=C/c2ccc(OCC(=O)Nc3ccccc3F)c(OC)c2)c1. The van der Waals surface area contributed by atoms with Crippen LogP contribution in [0.1, 0.15) is 15.9 Å². The van der Waals surface area contributed by atoms with Crippen molar-refractivity contribution < 1.29 is 28.2 Å². The lowest BCUT2D eigenvalue weighted by Gasteiger charge is -2.11. The summed E-state index contributed by atoms with van der Waals surface area (Å²) < 4.78 is 29.5. The van der Waals surface area contributed by atoms with Gasteiger partial charge in [-0.05, 0) is 54.1 Å². The van der Waals surface area contributed by atoms with Gasteiger partial charge in [-0.25, -0.2) is 9.82 Å². The van der Waals surface area contributed by atoms with Gasteiger partial charge < -0.3 is 19.5 Å². The average Bonchev–Trinajstić information content (AvgIpc) is 2.84. The minimum Gasteiger partial charge on any atom is -0.497 e. The quantitative estimate of drug-likeness (QED) is 0.383. The van der Waals surface area contributed by atoms with E-state index in [1.54, 1.807) is 48.5 Å². The van der Waals surface area contributed by atoms with E-state index in [9.17, 15) is 14.0 Å². The standard InChI is InChI=1S/C24H22FN3O5/c1-31-18-7-5-6-17(13-18)24(30)28-26-14-16-10-11-21(22(12-16)32-2)33-15-23(29)27-20-9-4-3-8-19(20)25/h3-14H,15H2,1-2H3,(H,27,29)(H,28,30)/b26-14+. The summed E-state index contributed by atoms with van der Waals surface area (Å²) in [5.41, 5.74) is 3.54. The molecule has 3 rings (SSSR count). The third kappa shape index (κ3) is 6.54. The summed E-state index contributed by atoms with van der Waals surface area (Å²) in [6, 6.07) is 17.4. The van der Waals surface area contributed by atoms with Crippen LogP contribution in [0.3, 0.4) is 0 Å². The molecule has 0 saturated heterocycles. The van der Waals surface area contributed by atoms with Crippen molar-refractivity contribution in [3.63, 3.8) is 0 Å². The number of nitrogens with one attached hydrogen (secondary N) is 2. The van der Waals surface area contributed by atoms with Crippen LogP contribution in [0.25, 0.3) is 0 Å². The molecule has 0 heterocycles. The summed E-state index contributed by atoms with van der Waals surface area (Å²) in [4.78, 5) is 24.2. The topological polar surface area (TPSA) is 98.3 Å². The van der Waals surface area contributed by atoms with Crippen molar-refractivity contribution in [1.82, 2.24) is 5.43 Å². The predicted molar refractivity (Wildman–Crippen MR) is 122 cm³/mol. The minimum absolute atomic E-state index is 0.0700. The van der Waals surface area contributed by atoms with Crippen LogP contribution in [-0.2, 0) is 4.79 Å². The van der Waals surface area contributed by atoms with E-state index in [0.29, 0.717) is 28.4 Å². The maximum absolute atomic E-state index is 13.6. The fraction of sp³-hybridized carbons (Fsp3) is 0.125. The van der Waals surface area contributed by atoms with Gasteiger partial charge in [0.2, 0.25) is 0 Å². The van der Waals surface area contributed by atoms with Gasteiger partial charge in [0.25, 0.3) is 11.8 Å². The van der Waals surface area contributed by atoms with Crippen molar-refractivity contribution in [2.45, 2.75) is 0 Å². The molecular weight excluding hydrogens is 429 g/mol. The molecule has 2 N–H and O–H groups in total. The summed E-state index contributed by atoms with van der Waals surface area (Å²) in [6.07, 6.45) is 1.44. The third-order valence-electron chi connectivity index (χ3n) is 4.41. The monoisotopic (exact) mass is 451 g/mol. The van der Waals surface area contributed by atoms with Gasteiger partial charge in [0, 0.05) is 5.56 Å². The Kier molecular flexibility index (Phi) is 7.96. The molecule has 8 nitrogen and oxygen atoms in total. The Morgan fingerprint density at radius 1 is 0.970 bits per heavy atom. The third-order valence-corrected chi connectivity index (χ3v) is 4.41. The van der Waals surface area contributed by atoms with Crippen molar-refractivity contribution in [2.75, 3.05) is 26.1 Å². The van der Waals surface area contributed by atoms with Gasteiger partial charge in [0.15, 0.2) is 18.1 Å². The van der Waals surface area contributed by atoms with Crippen molar-refractivity contribution in [1.29, 1.82) is 0 Å². The van der Waals surface area contributed by atoms with Crippen LogP contribution in [0.2, 0.25) is 0 Å². The Morgan fingerprint density at radius 3 is 2.55 bits per heavy atom. The molecule has 3 aromatic rings. The van der Waals surface area contributed by atoms with Crippen molar-refractivity contribution in [2.24, 2.45) is 5.10 Å². The van der Waals surface area contributed by atoms with Gasteiger partial charge in [0.1, 0.15) is 11.6 Å². The smallest absolute Gasteiger partial charge is 0.271 e. The highest BCUT2D eigenvalue weighted by molar-refractivity contribution is 5.95. The number of amides is 2. The van der Waals surface area contributed by atoms with Crippen LogP contribution in [-0.4, -0.2) is 38.9 Å². The highest BCUT2D eigenvalue weighted by atomic mass is 19.1. The number of carbonyl (C=O) groups excluding carboxylic acids is 2. The number of carbonyl (C=O) groups is 2. The van der Waals surface area contributed by atoms with Crippen LogP contribution >= 0.6 is 0 Å². The summed E-state index contributed by atoms with van der Waals surface area (Å²) >= 11 is 0. The molecule has 170 valence electrons. The average molecular weight is 451 g/mol. The number of hydrazone groups is 1.